The molecule has 0 aliphatic heterocycles. The van der Waals surface area contributed by atoms with E-state index < -0.39 is 16.8 Å². The van der Waals surface area contributed by atoms with E-state index in [9.17, 15) is 18.3 Å². The van der Waals surface area contributed by atoms with E-state index in [1.807, 2.05) is 15.9 Å². The predicted octanol–water partition coefficient (Wildman–Crippen LogP) is 3.16. The predicted molar refractivity (Wildman–Crippen MR) is 50.0 cm³/mol. The van der Waals surface area contributed by atoms with Crippen LogP contribution >= 0.6 is 15.9 Å². The minimum atomic E-state index is -3.45. The van der Waals surface area contributed by atoms with E-state index in [1.54, 1.807) is 0 Å². The van der Waals surface area contributed by atoms with Gasteiger partial charge in [0.15, 0.2) is 6.10 Å². The SMILES string of the molecule is Cc1ccc(F)cc1C(O)C(F)(F)Br. The maximum Gasteiger partial charge on any atom is 0.330 e. The van der Waals surface area contributed by atoms with Crippen LogP contribution in [0.15, 0.2) is 18.2 Å². The average molecular weight is 269 g/mol. The molecule has 0 radical (unpaired) electrons. The highest BCUT2D eigenvalue weighted by atomic mass is 79.9. The molecule has 5 heteroatoms. The quantitative estimate of drug-likeness (QED) is 0.817. The second-order valence-corrected chi connectivity index (χ2v) is 4.00. The van der Waals surface area contributed by atoms with Crippen LogP contribution in [0.5, 0.6) is 0 Å². The molecule has 0 aromatic heterocycles. The minimum absolute atomic E-state index is 0.119. The molecular weight excluding hydrogens is 261 g/mol. The smallest absolute Gasteiger partial charge is 0.330 e. The minimum Gasteiger partial charge on any atom is -0.381 e. The van der Waals surface area contributed by atoms with Crippen molar-refractivity contribution in [2.24, 2.45) is 0 Å². The number of hydrogen-bond donors (Lipinski definition) is 1. The Morgan fingerprint density at radius 1 is 1.43 bits per heavy atom. The molecule has 1 atom stereocenters. The van der Waals surface area contributed by atoms with E-state index in [0.29, 0.717) is 5.56 Å². The summed E-state index contributed by atoms with van der Waals surface area (Å²) in [5.74, 6) is -0.651. The van der Waals surface area contributed by atoms with Crippen molar-refractivity contribution >= 4 is 15.9 Å². The van der Waals surface area contributed by atoms with Gasteiger partial charge in [0.2, 0.25) is 0 Å². The standard InChI is InChI=1S/C9H8BrF3O/c1-5-2-3-6(11)4-7(5)8(14)9(10,12)13/h2-4,8,14H,1H3. The lowest BCUT2D eigenvalue weighted by Gasteiger charge is -2.18. The molecule has 14 heavy (non-hydrogen) atoms. The van der Waals surface area contributed by atoms with Crippen LogP contribution in [-0.2, 0) is 0 Å². The van der Waals surface area contributed by atoms with E-state index in [-0.39, 0.29) is 5.56 Å². The Balaban J connectivity index is 3.12. The van der Waals surface area contributed by atoms with Crippen molar-refractivity contribution in [2.45, 2.75) is 17.9 Å². The van der Waals surface area contributed by atoms with E-state index in [1.165, 1.54) is 13.0 Å². The van der Waals surface area contributed by atoms with Crippen molar-refractivity contribution in [3.8, 4) is 0 Å². The van der Waals surface area contributed by atoms with Crippen LogP contribution in [0.25, 0.3) is 0 Å². The van der Waals surface area contributed by atoms with Gasteiger partial charge < -0.3 is 5.11 Å². The summed E-state index contributed by atoms with van der Waals surface area (Å²) in [5.41, 5.74) is 0.296. The van der Waals surface area contributed by atoms with Gasteiger partial charge in [0, 0.05) is 0 Å². The maximum atomic E-state index is 12.7. The number of hydrogen-bond acceptors (Lipinski definition) is 1. The Labute approximate surface area is 87.7 Å². The van der Waals surface area contributed by atoms with Crippen LogP contribution in [0.2, 0.25) is 0 Å². The summed E-state index contributed by atoms with van der Waals surface area (Å²) in [6.07, 6.45) is -2.04. The Hall–Kier alpha value is -0.550. The number of rotatable bonds is 2. The Morgan fingerprint density at radius 3 is 2.50 bits per heavy atom. The summed E-state index contributed by atoms with van der Waals surface area (Å²) in [4.78, 5) is -3.45. The molecule has 0 saturated heterocycles. The van der Waals surface area contributed by atoms with E-state index >= 15 is 0 Å². The van der Waals surface area contributed by atoms with Gasteiger partial charge in [-0.1, -0.05) is 6.07 Å². The third-order valence-electron chi connectivity index (χ3n) is 1.85. The molecule has 0 amide bonds. The molecule has 0 saturated carbocycles. The molecule has 0 spiro atoms. The molecule has 0 bridgehead atoms. The number of aliphatic hydroxyl groups excluding tert-OH is 1. The highest BCUT2D eigenvalue weighted by molar-refractivity contribution is 9.10. The van der Waals surface area contributed by atoms with Crippen molar-refractivity contribution in [3.05, 3.63) is 35.1 Å². The van der Waals surface area contributed by atoms with Crippen molar-refractivity contribution in [1.29, 1.82) is 0 Å². The normalized spacial score (nSPS) is 14.1. The summed E-state index contributed by atoms with van der Waals surface area (Å²) in [6, 6.07) is 3.39. The summed E-state index contributed by atoms with van der Waals surface area (Å²) in [7, 11) is 0. The summed E-state index contributed by atoms with van der Waals surface area (Å²) < 4.78 is 38.0. The van der Waals surface area contributed by atoms with Gasteiger partial charge >= 0.3 is 4.83 Å². The van der Waals surface area contributed by atoms with Crippen molar-refractivity contribution in [1.82, 2.24) is 0 Å². The van der Waals surface area contributed by atoms with Gasteiger partial charge in [-0.15, -0.1) is 0 Å². The third kappa shape index (κ3) is 2.48. The van der Waals surface area contributed by atoms with Gasteiger partial charge in [-0.25, -0.2) is 4.39 Å². The first-order chi connectivity index (χ1) is 6.32. The highest BCUT2D eigenvalue weighted by Gasteiger charge is 2.36. The lowest BCUT2D eigenvalue weighted by Crippen LogP contribution is -2.19. The molecule has 1 aromatic rings. The second kappa shape index (κ2) is 3.90. The van der Waals surface area contributed by atoms with Gasteiger partial charge in [-0.05, 0) is 46.1 Å². The second-order valence-electron chi connectivity index (χ2n) is 2.95. The third-order valence-corrected chi connectivity index (χ3v) is 2.28. The average Bonchev–Trinajstić information content (AvgIpc) is 2.06. The first-order valence-corrected chi connectivity index (χ1v) is 4.62. The van der Waals surface area contributed by atoms with Crippen molar-refractivity contribution in [2.75, 3.05) is 0 Å². The lowest BCUT2D eigenvalue weighted by molar-refractivity contribution is -0.0299. The van der Waals surface area contributed by atoms with Crippen LogP contribution in [0.4, 0.5) is 13.2 Å². The van der Waals surface area contributed by atoms with Crippen LogP contribution in [0.3, 0.4) is 0 Å². The maximum absolute atomic E-state index is 12.7. The van der Waals surface area contributed by atoms with Gasteiger partial charge in [0.05, 0.1) is 0 Å². The van der Waals surface area contributed by atoms with Crippen LogP contribution in [0.1, 0.15) is 17.2 Å². The molecule has 0 heterocycles. The molecular formula is C9H8BrF3O. The van der Waals surface area contributed by atoms with Gasteiger partial charge in [-0.2, -0.15) is 8.78 Å². The van der Waals surface area contributed by atoms with Gasteiger partial charge in [0.1, 0.15) is 5.82 Å². The monoisotopic (exact) mass is 268 g/mol. The molecule has 1 rings (SSSR count). The van der Waals surface area contributed by atoms with E-state index in [4.69, 9.17) is 0 Å². The molecule has 0 aliphatic carbocycles. The zero-order valence-corrected chi connectivity index (χ0v) is 8.85. The van der Waals surface area contributed by atoms with Crippen LogP contribution in [-0.4, -0.2) is 9.94 Å². The number of aliphatic hydroxyl groups is 1. The number of halogens is 4. The molecule has 78 valence electrons. The van der Waals surface area contributed by atoms with Crippen molar-refractivity contribution < 1.29 is 18.3 Å². The topological polar surface area (TPSA) is 20.2 Å². The molecule has 0 aliphatic rings. The number of benzene rings is 1. The fraction of sp³-hybridized carbons (Fsp3) is 0.333. The number of aryl methyl sites for hydroxylation is 1. The van der Waals surface area contributed by atoms with E-state index in [2.05, 4.69) is 0 Å². The Morgan fingerprint density at radius 2 is 2.00 bits per heavy atom. The lowest BCUT2D eigenvalue weighted by atomic mass is 10.0. The first kappa shape index (κ1) is 11.5. The van der Waals surface area contributed by atoms with Crippen LogP contribution in [0, 0.1) is 12.7 Å². The fourth-order valence-electron chi connectivity index (χ4n) is 1.08. The molecule has 1 nitrogen and oxygen atoms in total. The molecule has 1 aromatic carbocycles. The Kier molecular flexibility index (Phi) is 3.21. The highest BCUT2D eigenvalue weighted by Crippen LogP contribution is 2.37. The Bertz CT molecular complexity index is 335. The van der Waals surface area contributed by atoms with Crippen LogP contribution < -0.4 is 0 Å². The largest absolute Gasteiger partial charge is 0.381 e. The first-order valence-electron chi connectivity index (χ1n) is 3.83. The zero-order valence-electron chi connectivity index (χ0n) is 7.27. The molecule has 1 unspecified atom stereocenters. The van der Waals surface area contributed by atoms with Crippen molar-refractivity contribution in [3.63, 3.8) is 0 Å². The van der Waals surface area contributed by atoms with Gasteiger partial charge in [-0.3, -0.25) is 0 Å². The fourth-order valence-corrected chi connectivity index (χ4v) is 1.33. The number of alkyl halides is 3. The van der Waals surface area contributed by atoms with Gasteiger partial charge in [0.25, 0.3) is 0 Å². The zero-order chi connectivity index (χ0) is 10.9. The summed E-state index contributed by atoms with van der Waals surface area (Å²) >= 11 is 2.03. The summed E-state index contributed by atoms with van der Waals surface area (Å²) in [6.45, 7) is 1.52. The van der Waals surface area contributed by atoms with E-state index in [0.717, 1.165) is 12.1 Å². The molecule has 0 fully saturated rings. The molecule has 1 N–H and O–H groups in total. The summed E-state index contributed by atoms with van der Waals surface area (Å²) in [5, 5.41) is 9.20.